The van der Waals surface area contributed by atoms with E-state index in [-0.39, 0.29) is 11.2 Å². The lowest BCUT2D eigenvalue weighted by atomic mass is 9.50. The summed E-state index contributed by atoms with van der Waals surface area (Å²) in [6, 6.07) is 0. The summed E-state index contributed by atoms with van der Waals surface area (Å²) in [5.41, 5.74) is 0.453. The van der Waals surface area contributed by atoms with Crippen LogP contribution < -0.4 is 0 Å². The van der Waals surface area contributed by atoms with Crippen molar-refractivity contribution in [1.82, 2.24) is 15.0 Å². The van der Waals surface area contributed by atoms with Crippen molar-refractivity contribution in [3.63, 3.8) is 0 Å². The van der Waals surface area contributed by atoms with Gasteiger partial charge >= 0.3 is 0 Å². The van der Waals surface area contributed by atoms with Crippen LogP contribution in [-0.4, -0.2) is 20.2 Å². The molecule has 0 atom stereocenters. The van der Waals surface area contributed by atoms with Crippen LogP contribution in [0.4, 0.5) is 0 Å². The number of halogens is 1. The predicted molar refractivity (Wildman–Crippen MR) is 45.5 cm³/mol. The molecule has 3 saturated carbocycles. The van der Waals surface area contributed by atoms with Crippen LogP contribution in [0.2, 0.25) is 0 Å². The van der Waals surface area contributed by atoms with E-state index in [9.17, 15) is 4.79 Å². The van der Waals surface area contributed by atoms with Gasteiger partial charge in [-0.2, -0.15) is 0 Å². The quantitative estimate of drug-likeness (QED) is 0.669. The third-order valence-electron chi connectivity index (χ3n) is 3.19. The van der Waals surface area contributed by atoms with Gasteiger partial charge in [0.05, 0.1) is 11.7 Å². The summed E-state index contributed by atoms with van der Waals surface area (Å²) < 4.78 is 1.81. The first-order valence-electron chi connectivity index (χ1n) is 4.32. The molecule has 0 aromatic carbocycles. The lowest BCUT2D eigenvalue weighted by molar-refractivity contribution is -0.0988. The van der Waals surface area contributed by atoms with Crippen LogP contribution >= 0.6 is 11.6 Å². The second-order valence-electron chi connectivity index (χ2n) is 4.02. The zero-order chi connectivity index (χ0) is 9.05. The molecule has 1 heterocycles. The number of carbonyl (C=O) groups is 1. The fourth-order valence-corrected chi connectivity index (χ4v) is 2.39. The van der Waals surface area contributed by atoms with Crippen molar-refractivity contribution in [3.8, 4) is 0 Å². The van der Waals surface area contributed by atoms with Crippen molar-refractivity contribution in [2.45, 2.75) is 24.8 Å². The van der Waals surface area contributed by atoms with E-state index >= 15 is 0 Å². The summed E-state index contributed by atoms with van der Waals surface area (Å²) in [6.07, 6.45) is 5.22. The van der Waals surface area contributed by atoms with Crippen LogP contribution in [-0.2, 0) is 5.54 Å². The van der Waals surface area contributed by atoms with Gasteiger partial charge in [0.2, 0.25) is 0 Å². The molecule has 0 spiro atoms. The van der Waals surface area contributed by atoms with Crippen LogP contribution in [0.1, 0.15) is 29.8 Å². The van der Waals surface area contributed by atoms with E-state index in [0.717, 1.165) is 5.92 Å². The van der Waals surface area contributed by atoms with E-state index in [1.54, 1.807) is 6.20 Å². The highest BCUT2D eigenvalue weighted by Gasteiger charge is 2.58. The van der Waals surface area contributed by atoms with Gasteiger partial charge in [-0.1, -0.05) is 5.21 Å². The maximum atomic E-state index is 10.8. The van der Waals surface area contributed by atoms with Gasteiger partial charge in [0.1, 0.15) is 0 Å². The monoisotopic (exact) mass is 197 g/mol. The third-order valence-corrected chi connectivity index (χ3v) is 3.38. The minimum absolute atomic E-state index is 0.197. The van der Waals surface area contributed by atoms with E-state index in [1.165, 1.54) is 19.3 Å². The Balaban J connectivity index is 1.93. The molecule has 3 fully saturated rings. The molecule has 0 aliphatic heterocycles. The summed E-state index contributed by atoms with van der Waals surface area (Å²) in [5.74, 6) is 0.888. The molecule has 0 radical (unpaired) electrons. The molecule has 0 unspecified atom stereocenters. The highest BCUT2D eigenvalue weighted by molar-refractivity contribution is 6.67. The summed E-state index contributed by atoms with van der Waals surface area (Å²) in [6.45, 7) is 0. The molecule has 4 nitrogen and oxygen atoms in total. The van der Waals surface area contributed by atoms with Gasteiger partial charge in [-0.15, -0.1) is 5.10 Å². The number of rotatable bonds is 2. The Morgan fingerprint density at radius 3 is 2.69 bits per heavy atom. The molecule has 0 N–H and O–H groups in total. The van der Waals surface area contributed by atoms with Crippen LogP contribution in [0.15, 0.2) is 6.20 Å². The van der Waals surface area contributed by atoms with Crippen LogP contribution in [0, 0.1) is 5.92 Å². The number of hydrogen-bond donors (Lipinski definition) is 0. The molecule has 1 aromatic rings. The maximum Gasteiger partial charge on any atom is 0.274 e. The fourth-order valence-electron chi connectivity index (χ4n) is 2.30. The van der Waals surface area contributed by atoms with E-state index in [0.29, 0.717) is 0 Å². The first-order valence-corrected chi connectivity index (χ1v) is 4.70. The number of nitrogens with zero attached hydrogens (tertiary/aromatic N) is 3. The first-order chi connectivity index (χ1) is 6.20. The Hall–Kier alpha value is -0.900. The van der Waals surface area contributed by atoms with Gasteiger partial charge in [-0.25, -0.2) is 4.68 Å². The van der Waals surface area contributed by atoms with Gasteiger partial charge in [-0.3, -0.25) is 4.79 Å². The van der Waals surface area contributed by atoms with Crippen molar-refractivity contribution >= 4 is 16.8 Å². The normalized spacial score (nSPS) is 35.0. The molecule has 4 rings (SSSR count). The van der Waals surface area contributed by atoms with Gasteiger partial charge < -0.3 is 0 Å². The van der Waals surface area contributed by atoms with Crippen molar-refractivity contribution in [2.75, 3.05) is 0 Å². The maximum absolute atomic E-state index is 10.8. The summed E-state index contributed by atoms with van der Waals surface area (Å²) in [4.78, 5) is 10.8. The largest absolute Gasteiger partial charge is 0.274 e. The second kappa shape index (κ2) is 2.12. The Morgan fingerprint density at radius 1 is 1.62 bits per heavy atom. The van der Waals surface area contributed by atoms with Crippen LogP contribution in [0.25, 0.3) is 0 Å². The SMILES string of the molecule is O=C(Cl)c1cn(C23CC(C2)C3)nn1. The average Bonchev–Trinajstić information content (AvgIpc) is 2.28. The van der Waals surface area contributed by atoms with E-state index in [1.807, 2.05) is 4.68 Å². The molecular formula is C8H8ClN3O. The van der Waals surface area contributed by atoms with Gasteiger partial charge in [0.25, 0.3) is 5.24 Å². The molecule has 2 bridgehead atoms. The number of aromatic nitrogens is 3. The summed E-state index contributed by atoms with van der Waals surface area (Å²) in [7, 11) is 0. The zero-order valence-corrected chi connectivity index (χ0v) is 7.66. The molecule has 0 amide bonds. The second-order valence-corrected chi connectivity index (χ2v) is 4.37. The summed E-state index contributed by atoms with van der Waals surface area (Å²) >= 11 is 5.29. The van der Waals surface area contributed by atoms with Gasteiger partial charge in [-0.05, 0) is 36.8 Å². The zero-order valence-electron chi connectivity index (χ0n) is 6.90. The minimum atomic E-state index is -0.530. The average molecular weight is 198 g/mol. The third kappa shape index (κ3) is 0.839. The highest BCUT2D eigenvalue weighted by atomic mass is 35.5. The Bertz CT molecular complexity index is 369. The van der Waals surface area contributed by atoms with Crippen molar-refractivity contribution < 1.29 is 4.79 Å². The Labute approximate surface area is 79.9 Å². The lowest BCUT2D eigenvalue weighted by Gasteiger charge is -2.61. The van der Waals surface area contributed by atoms with Crippen LogP contribution in [0.3, 0.4) is 0 Å². The van der Waals surface area contributed by atoms with Crippen LogP contribution in [0.5, 0.6) is 0 Å². The molecule has 68 valence electrons. The van der Waals surface area contributed by atoms with E-state index in [4.69, 9.17) is 11.6 Å². The van der Waals surface area contributed by atoms with Crippen molar-refractivity contribution in [1.29, 1.82) is 0 Å². The molecule has 13 heavy (non-hydrogen) atoms. The number of carbonyl (C=O) groups excluding carboxylic acids is 1. The molecule has 3 aliphatic carbocycles. The van der Waals surface area contributed by atoms with E-state index < -0.39 is 5.24 Å². The molecule has 5 heteroatoms. The standard InChI is InChI=1S/C8H8ClN3O/c9-7(13)6-4-12(11-10-6)8-1-5(2-8)3-8/h4-5H,1-3H2. The topological polar surface area (TPSA) is 47.8 Å². The van der Waals surface area contributed by atoms with Gasteiger partial charge in [0.15, 0.2) is 5.69 Å². The molecule has 0 saturated heterocycles. The highest BCUT2D eigenvalue weighted by Crippen LogP contribution is 2.61. The lowest BCUT2D eigenvalue weighted by Crippen LogP contribution is -2.59. The van der Waals surface area contributed by atoms with E-state index in [2.05, 4.69) is 10.3 Å². The Kier molecular flexibility index (Phi) is 1.22. The van der Waals surface area contributed by atoms with Crippen molar-refractivity contribution in [3.05, 3.63) is 11.9 Å². The van der Waals surface area contributed by atoms with Crippen molar-refractivity contribution in [2.24, 2.45) is 5.92 Å². The molecule has 3 aliphatic rings. The minimum Gasteiger partial charge on any atom is -0.274 e. The summed E-state index contributed by atoms with van der Waals surface area (Å²) in [5, 5.41) is 7.12. The fraction of sp³-hybridized carbons (Fsp3) is 0.625. The molecule has 1 aromatic heterocycles. The predicted octanol–water partition coefficient (Wildman–Crippen LogP) is 1.17. The smallest absolute Gasteiger partial charge is 0.274 e. The Morgan fingerprint density at radius 2 is 2.31 bits per heavy atom. The molecular weight excluding hydrogens is 190 g/mol. The van der Waals surface area contributed by atoms with Gasteiger partial charge in [0, 0.05) is 0 Å². The first kappa shape index (κ1) is 7.50. The number of hydrogen-bond acceptors (Lipinski definition) is 3.